The number of thiocarbonyl (C=S) groups is 1. The van der Waals surface area contributed by atoms with Crippen LogP contribution in [0.4, 0.5) is 5.13 Å². The molecule has 152 valence electrons. The summed E-state index contributed by atoms with van der Waals surface area (Å²) in [5.74, 6) is 0.449. The average Bonchev–Trinajstić information content (AvgIpc) is 3.15. The molecule has 0 unspecified atom stereocenters. The van der Waals surface area contributed by atoms with E-state index in [1.54, 1.807) is 11.3 Å². The van der Waals surface area contributed by atoms with E-state index in [0.717, 1.165) is 50.1 Å². The summed E-state index contributed by atoms with van der Waals surface area (Å²) >= 11 is 6.80. The van der Waals surface area contributed by atoms with E-state index in [2.05, 4.69) is 39.9 Å². The lowest BCUT2D eigenvalue weighted by atomic mass is 9.99. The molecule has 7 nitrogen and oxygen atoms in total. The van der Waals surface area contributed by atoms with Crippen LogP contribution in [0.1, 0.15) is 45.2 Å². The van der Waals surface area contributed by atoms with Crippen molar-refractivity contribution in [1.29, 1.82) is 0 Å². The van der Waals surface area contributed by atoms with Gasteiger partial charge in [-0.1, -0.05) is 33.1 Å². The van der Waals surface area contributed by atoms with Crippen LogP contribution in [-0.2, 0) is 16.0 Å². The van der Waals surface area contributed by atoms with Gasteiger partial charge >= 0.3 is 0 Å². The Kier molecular flexibility index (Phi) is 9.79. The van der Waals surface area contributed by atoms with Crippen molar-refractivity contribution >= 4 is 39.7 Å². The summed E-state index contributed by atoms with van der Waals surface area (Å²) in [5, 5.41) is 6.51. The minimum atomic E-state index is -0.156. The van der Waals surface area contributed by atoms with Crippen LogP contribution in [0.3, 0.4) is 0 Å². The zero-order valence-electron chi connectivity index (χ0n) is 16.3. The summed E-state index contributed by atoms with van der Waals surface area (Å²) < 4.78 is 5.35. The van der Waals surface area contributed by atoms with E-state index in [1.165, 1.54) is 19.3 Å². The molecule has 1 aromatic rings. The second-order valence-corrected chi connectivity index (χ2v) is 7.94. The standard InChI is InChI=1S/C18H31N5O2S2/c1-3-5-6-14(4-2)12-19-17(26)22-21-16(24)11-15-13-27-18(20-15)23-7-9-25-10-8-23/h13-14H,3-12H2,1-2H3,(H,21,24)(H2,19,22,26)/t14-/m1/s1. The molecule has 1 aromatic heterocycles. The van der Waals surface area contributed by atoms with Crippen molar-refractivity contribution in [2.75, 3.05) is 37.7 Å². The number of anilines is 1. The van der Waals surface area contributed by atoms with E-state index >= 15 is 0 Å². The Bertz CT molecular complexity index is 590. The highest BCUT2D eigenvalue weighted by Gasteiger charge is 2.16. The molecule has 1 aliphatic heterocycles. The third kappa shape index (κ3) is 7.98. The maximum atomic E-state index is 12.1. The normalized spacial score (nSPS) is 15.3. The van der Waals surface area contributed by atoms with E-state index in [1.807, 2.05) is 5.38 Å². The second kappa shape index (κ2) is 12.1. The number of rotatable bonds is 9. The number of aromatic nitrogens is 1. The number of nitrogens with one attached hydrogen (secondary N) is 3. The molecule has 2 rings (SSSR count). The molecule has 1 saturated heterocycles. The number of carbonyl (C=O) groups is 1. The fourth-order valence-corrected chi connectivity index (χ4v) is 3.85. The third-order valence-corrected chi connectivity index (χ3v) is 5.77. The third-order valence-electron chi connectivity index (χ3n) is 4.57. The van der Waals surface area contributed by atoms with Gasteiger partial charge in [-0.3, -0.25) is 15.6 Å². The first kappa shape index (κ1) is 21.8. The fourth-order valence-electron chi connectivity index (χ4n) is 2.84. The zero-order chi connectivity index (χ0) is 19.5. The van der Waals surface area contributed by atoms with Gasteiger partial charge < -0.3 is 15.0 Å². The van der Waals surface area contributed by atoms with E-state index in [0.29, 0.717) is 11.0 Å². The van der Waals surface area contributed by atoms with Gasteiger partial charge in [-0.25, -0.2) is 4.98 Å². The van der Waals surface area contributed by atoms with Gasteiger partial charge in [-0.2, -0.15) is 0 Å². The van der Waals surface area contributed by atoms with E-state index < -0.39 is 0 Å². The Hall–Kier alpha value is -1.45. The first-order valence-corrected chi connectivity index (χ1v) is 11.0. The van der Waals surface area contributed by atoms with Crippen LogP contribution in [0.25, 0.3) is 0 Å². The molecule has 2 heterocycles. The van der Waals surface area contributed by atoms with Crippen LogP contribution >= 0.6 is 23.6 Å². The highest BCUT2D eigenvalue weighted by atomic mass is 32.1. The van der Waals surface area contributed by atoms with Crippen LogP contribution in [-0.4, -0.2) is 48.9 Å². The van der Waals surface area contributed by atoms with Gasteiger partial charge in [0.25, 0.3) is 0 Å². The molecule has 1 amide bonds. The van der Waals surface area contributed by atoms with Crippen molar-refractivity contribution in [2.24, 2.45) is 5.92 Å². The van der Waals surface area contributed by atoms with Gasteiger partial charge in [0.05, 0.1) is 25.3 Å². The molecule has 0 saturated carbocycles. The van der Waals surface area contributed by atoms with Gasteiger partial charge in [0, 0.05) is 25.0 Å². The Morgan fingerprint density at radius 2 is 2.15 bits per heavy atom. The number of hydrazine groups is 1. The maximum absolute atomic E-state index is 12.1. The maximum Gasteiger partial charge on any atom is 0.244 e. The van der Waals surface area contributed by atoms with E-state index in [-0.39, 0.29) is 12.3 Å². The minimum Gasteiger partial charge on any atom is -0.378 e. The van der Waals surface area contributed by atoms with E-state index in [9.17, 15) is 4.79 Å². The van der Waals surface area contributed by atoms with Crippen molar-refractivity contribution in [1.82, 2.24) is 21.2 Å². The molecule has 1 atom stereocenters. The fraction of sp³-hybridized carbons (Fsp3) is 0.722. The summed E-state index contributed by atoms with van der Waals surface area (Å²) in [5.41, 5.74) is 6.19. The molecular weight excluding hydrogens is 382 g/mol. The molecule has 0 radical (unpaired) electrons. The first-order valence-electron chi connectivity index (χ1n) is 9.72. The van der Waals surface area contributed by atoms with Gasteiger partial charge in [-0.05, 0) is 24.6 Å². The molecule has 0 spiro atoms. The largest absolute Gasteiger partial charge is 0.378 e. The highest BCUT2D eigenvalue weighted by Crippen LogP contribution is 2.21. The SMILES string of the molecule is CCCC[C@@H](CC)CNC(=S)NNC(=O)Cc1csc(N2CCOCC2)n1. The summed E-state index contributed by atoms with van der Waals surface area (Å²) in [4.78, 5) is 18.9. The number of nitrogens with zero attached hydrogens (tertiary/aromatic N) is 2. The van der Waals surface area contributed by atoms with Crippen LogP contribution in [0, 0.1) is 5.92 Å². The predicted octanol–water partition coefficient (Wildman–Crippen LogP) is 2.23. The minimum absolute atomic E-state index is 0.156. The van der Waals surface area contributed by atoms with Crippen LogP contribution < -0.4 is 21.1 Å². The Balaban J connectivity index is 1.66. The first-order chi connectivity index (χ1) is 13.1. The molecule has 1 fully saturated rings. The monoisotopic (exact) mass is 413 g/mol. The Morgan fingerprint density at radius 1 is 1.37 bits per heavy atom. The summed E-state index contributed by atoms with van der Waals surface area (Å²) in [6, 6.07) is 0. The van der Waals surface area contributed by atoms with E-state index in [4.69, 9.17) is 17.0 Å². The Morgan fingerprint density at radius 3 is 2.85 bits per heavy atom. The lowest BCUT2D eigenvalue weighted by molar-refractivity contribution is -0.121. The predicted molar refractivity (Wildman–Crippen MR) is 114 cm³/mol. The second-order valence-electron chi connectivity index (χ2n) is 6.70. The number of morpholine rings is 1. The number of amides is 1. The summed E-state index contributed by atoms with van der Waals surface area (Å²) in [7, 11) is 0. The molecule has 0 aromatic carbocycles. The van der Waals surface area contributed by atoms with Gasteiger partial charge in [-0.15, -0.1) is 11.3 Å². The molecule has 0 bridgehead atoms. The molecule has 9 heteroatoms. The number of ether oxygens (including phenoxy) is 1. The van der Waals surface area contributed by atoms with Crippen LogP contribution in [0.5, 0.6) is 0 Å². The van der Waals surface area contributed by atoms with Crippen LogP contribution in [0.2, 0.25) is 0 Å². The molecule has 1 aliphatic rings. The topological polar surface area (TPSA) is 78.5 Å². The lowest BCUT2D eigenvalue weighted by Gasteiger charge is -2.26. The highest BCUT2D eigenvalue weighted by molar-refractivity contribution is 7.80. The van der Waals surface area contributed by atoms with Crippen molar-refractivity contribution in [2.45, 2.75) is 46.0 Å². The molecule has 3 N–H and O–H groups in total. The number of unbranched alkanes of at least 4 members (excludes halogenated alkanes) is 1. The van der Waals surface area contributed by atoms with Crippen molar-refractivity contribution in [3.05, 3.63) is 11.1 Å². The number of hydrogen-bond acceptors (Lipinski definition) is 6. The number of thiazole rings is 1. The lowest BCUT2D eigenvalue weighted by Crippen LogP contribution is -2.48. The zero-order valence-corrected chi connectivity index (χ0v) is 17.9. The van der Waals surface area contributed by atoms with Crippen molar-refractivity contribution in [3.8, 4) is 0 Å². The van der Waals surface area contributed by atoms with Gasteiger partial charge in [0.15, 0.2) is 10.2 Å². The average molecular weight is 414 g/mol. The van der Waals surface area contributed by atoms with Crippen molar-refractivity contribution < 1.29 is 9.53 Å². The van der Waals surface area contributed by atoms with Crippen molar-refractivity contribution in [3.63, 3.8) is 0 Å². The summed E-state index contributed by atoms with van der Waals surface area (Å²) in [6.45, 7) is 8.36. The number of carbonyl (C=O) groups excluding carboxylic acids is 1. The van der Waals surface area contributed by atoms with Crippen LogP contribution in [0.15, 0.2) is 5.38 Å². The number of hydrogen-bond donors (Lipinski definition) is 3. The smallest absolute Gasteiger partial charge is 0.244 e. The van der Waals surface area contributed by atoms with Gasteiger partial charge in [0.2, 0.25) is 5.91 Å². The molecule has 27 heavy (non-hydrogen) atoms. The molecule has 0 aliphatic carbocycles. The Labute approximate surface area is 171 Å². The van der Waals surface area contributed by atoms with Gasteiger partial charge in [0.1, 0.15) is 0 Å². The quantitative estimate of drug-likeness (QED) is 0.423. The summed E-state index contributed by atoms with van der Waals surface area (Å²) in [6.07, 6.45) is 4.99. The molecular formula is C18H31N5O2S2.